The number of halogens is 1. The van der Waals surface area contributed by atoms with Gasteiger partial charge in [-0.15, -0.1) is 0 Å². The van der Waals surface area contributed by atoms with Crippen LogP contribution in [0.25, 0.3) is 0 Å². The van der Waals surface area contributed by atoms with Gasteiger partial charge < -0.3 is 10.2 Å². The highest BCUT2D eigenvalue weighted by Crippen LogP contribution is 2.16. The molecule has 5 heteroatoms. The average molecular weight is 413 g/mol. The lowest BCUT2D eigenvalue weighted by Gasteiger charge is -2.30. The van der Waals surface area contributed by atoms with E-state index in [1.807, 2.05) is 13.8 Å². The van der Waals surface area contributed by atoms with E-state index in [2.05, 4.69) is 36.5 Å². The topological polar surface area (TPSA) is 49.4 Å². The largest absolute Gasteiger partial charge is 0.354 e. The normalized spacial score (nSPS) is 11.7. The van der Waals surface area contributed by atoms with Gasteiger partial charge in [0.05, 0.1) is 0 Å². The molecule has 1 atom stereocenters. The van der Waals surface area contributed by atoms with Crippen LogP contribution in [0.15, 0.2) is 48.5 Å². The Morgan fingerprint density at radius 1 is 0.933 bits per heavy atom. The first-order chi connectivity index (χ1) is 14.5. The average Bonchev–Trinajstić information content (AvgIpc) is 2.77. The number of aryl methyl sites for hydroxylation is 2. The van der Waals surface area contributed by atoms with E-state index in [-0.39, 0.29) is 24.2 Å². The zero-order valence-electron chi connectivity index (χ0n) is 18.3. The van der Waals surface area contributed by atoms with Gasteiger partial charge in [0.1, 0.15) is 11.9 Å². The molecule has 2 amide bonds. The van der Waals surface area contributed by atoms with Crippen LogP contribution in [0.5, 0.6) is 0 Å². The van der Waals surface area contributed by atoms with Gasteiger partial charge in [-0.05, 0) is 54.5 Å². The Bertz CT molecular complexity index is 803. The van der Waals surface area contributed by atoms with Crippen molar-refractivity contribution in [2.45, 2.75) is 65.5 Å². The number of rotatable bonds is 11. The molecular formula is C25H33FN2O2. The Labute approximate surface area is 179 Å². The third-order valence-corrected chi connectivity index (χ3v) is 5.26. The van der Waals surface area contributed by atoms with E-state index in [9.17, 15) is 14.0 Å². The standard InChI is InChI=1S/C25H33FN2O2/c1-4-17-27-25(30)23(6-3)28(18-21-11-14-22(26)15-12-21)24(29)16-13-20-9-7-19(5-2)8-10-20/h7-12,14-15,23H,4-6,13,16-18H2,1-3H3,(H,27,30)/t23-/m1/s1. The number of carbonyl (C=O) groups is 2. The maximum absolute atomic E-state index is 13.3. The first-order valence-corrected chi connectivity index (χ1v) is 10.9. The van der Waals surface area contributed by atoms with Crippen LogP contribution in [0.4, 0.5) is 4.39 Å². The van der Waals surface area contributed by atoms with Gasteiger partial charge in [0.15, 0.2) is 0 Å². The lowest BCUT2D eigenvalue weighted by atomic mass is 10.0. The molecule has 0 saturated heterocycles. The zero-order chi connectivity index (χ0) is 21.9. The SMILES string of the molecule is CCCNC(=O)[C@@H](CC)N(Cc1ccc(F)cc1)C(=O)CCc1ccc(CC)cc1. The van der Waals surface area contributed by atoms with Gasteiger partial charge in [-0.3, -0.25) is 9.59 Å². The number of nitrogens with one attached hydrogen (secondary N) is 1. The molecule has 1 N–H and O–H groups in total. The molecule has 0 aliphatic heterocycles. The molecule has 2 aromatic carbocycles. The van der Waals surface area contributed by atoms with Gasteiger partial charge in [-0.1, -0.05) is 57.2 Å². The van der Waals surface area contributed by atoms with Gasteiger partial charge in [0.25, 0.3) is 0 Å². The summed E-state index contributed by atoms with van der Waals surface area (Å²) in [6.45, 7) is 6.88. The summed E-state index contributed by atoms with van der Waals surface area (Å²) in [5.74, 6) is -0.528. The molecule has 0 aliphatic rings. The van der Waals surface area contributed by atoms with Crippen LogP contribution in [-0.4, -0.2) is 29.3 Å². The van der Waals surface area contributed by atoms with Crippen molar-refractivity contribution in [3.8, 4) is 0 Å². The minimum Gasteiger partial charge on any atom is -0.354 e. The maximum Gasteiger partial charge on any atom is 0.242 e. The van der Waals surface area contributed by atoms with E-state index in [1.54, 1.807) is 17.0 Å². The highest BCUT2D eigenvalue weighted by molar-refractivity contribution is 5.87. The Kier molecular flexibility index (Phi) is 9.52. The molecule has 0 unspecified atom stereocenters. The predicted octanol–water partition coefficient (Wildman–Crippen LogP) is 4.65. The Morgan fingerprint density at radius 2 is 1.53 bits per heavy atom. The summed E-state index contributed by atoms with van der Waals surface area (Å²) < 4.78 is 13.3. The molecule has 0 heterocycles. The van der Waals surface area contributed by atoms with Gasteiger partial charge in [0, 0.05) is 19.5 Å². The third kappa shape index (κ3) is 6.97. The Morgan fingerprint density at radius 3 is 2.10 bits per heavy atom. The minimum absolute atomic E-state index is 0.0719. The van der Waals surface area contributed by atoms with Crippen molar-refractivity contribution in [1.29, 1.82) is 0 Å². The summed E-state index contributed by atoms with van der Waals surface area (Å²) in [5, 5.41) is 2.91. The molecule has 0 aromatic heterocycles. The van der Waals surface area contributed by atoms with Crippen LogP contribution in [-0.2, 0) is 29.0 Å². The molecule has 0 saturated carbocycles. The van der Waals surface area contributed by atoms with E-state index in [4.69, 9.17) is 0 Å². The predicted molar refractivity (Wildman–Crippen MR) is 118 cm³/mol. The molecule has 2 rings (SSSR count). The van der Waals surface area contributed by atoms with Crippen molar-refractivity contribution in [3.05, 3.63) is 71.0 Å². The van der Waals surface area contributed by atoms with Crippen molar-refractivity contribution >= 4 is 11.8 Å². The van der Waals surface area contributed by atoms with E-state index in [0.717, 1.165) is 24.0 Å². The summed E-state index contributed by atoms with van der Waals surface area (Å²) in [7, 11) is 0. The molecule has 2 aromatic rings. The van der Waals surface area contributed by atoms with E-state index in [0.29, 0.717) is 25.8 Å². The van der Waals surface area contributed by atoms with Crippen molar-refractivity contribution in [3.63, 3.8) is 0 Å². The lowest BCUT2D eigenvalue weighted by molar-refractivity contribution is -0.141. The summed E-state index contributed by atoms with van der Waals surface area (Å²) in [4.78, 5) is 27.5. The van der Waals surface area contributed by atoms with Crippen LogP contribution in [0.2, 0.25) is 0 Å². The summed E-state index contributed by atoms with van der Waals surface area (Å²) in [6, 6.07) is 13.8. The molecule has 30 heavy (non-hydrogen) atoms. The molecular weight excluding hydrogens is 379 g/mol. The van der Waals surface area contributed by atoms with Crippen LogP contribution < -0.4 is 5.32 Å². The quantitative estimate of drug-likeness (QED) is 0.584. The van der Waals surface area contributed by atoms with Crippen LogP contribution in [0.1, 0.15) is 56.7 Å². The summed E-state index contributed by atoms with van der Waals surface area (Å²) in [5.41, 5.74) is 3.17. The minimum atomic E-state index is -0.545. The fourth-order valence-corrected chi connectivity index (χ4v) is 3.41. The first-order valence-electron chi connectivity index (χ1n) is 10.9. The Hall–Kier alpha value is -2.69. The monoisotopic (exact) mass is 412 g/mol. The second kappa shape index (κ2) is 12.1. The van der Waals surface area contributed by atoms with Gasteiger partial charge >= 0.3 is 0 Å². The van der Waals surface area contributed by atoms with Gasteiger partial charge in [-0.2, -0.15) is 0 Å². The smallest absolute Gasteiger partial charge is 0.242 e. The molecule has 162 valence electrons. The van der Waals surface area contributed by atoms with Gasteiger partial charge in [-0.25, -0.2) is 4.39 Å². The highest BCUT2D eigenvalue weighted by atomic mass is 19.1. The summed E-state index contributed by atoms with van der Waals surface area (Å²) in [6.07, 6.45) is 3.28. The van der Waals surface area contributed by atoms with Crippen LogP contribution in [0.3, 0.4) is 0 Å². The number of benzene rings is 2. The molecule has 0 aliphatic carbocycles. The summed E-state index contributed by atoms with van der Waals surface area (Å²) >= 11 is 0. The second-order valence-electron chi connectivity index (χ2n) is 7.53. The van der Waals surface area contributed by atoms with E-state index in [1.165, 1.54) is 17.7 Å². The fourth-order valence-electron chi connectivity index (χ4n) is 3.41. The lowest BCUT2D eigenvalue weighted by Crippen LogP contribution is -2.49. The number of hydrogen-bond acceptors (Lipinski definition) is 2. The van der Waals surface area contributed by atoms with Gasteiger partial charge in [0.2, 0.25) is 11.8 Å². The third-order valence-electron chi connectivity index (χ3n) is 5.26. The number of hydrogen-bond donors (Lipinski definition) is 1. The molecule has 0 spiro atoms. The van der Waals surface area contributed by atoms with E-state index >= 15 is 0 Å². The van der Waals surface area contributed by atoms with Crippen molar-refractivity contribution in [1.82, 2.24) is 10.2 Å². The fraction of sp³-hybridized carbons (Fsp3) is 0.440. The van der Waals surface area contributed by atoms with Crippen LogP contribution >= 0.6 is 0 Å². The van der Waals surface area contributed by atoms with Crippen molar-refractivity contribution in [2.75, 3.05) is 6.54 Å². The van der Waals surface area contributed by atoms with Crippen molar-refractivity contribution < 1.29 is 14.0 Å². The second-order valence-corrected chi connectivity index (χ2v) is 7.53. The van der Waals surface area contributed by atoms with Crippen molar-refractivity contribution in [2.24, 2.45) is 0 Å². The molecule has 4 nitrogen and oxygen atoms in total. The maximum atomic E-state index is 13.3. The number of nitrogens with zero attached hydrogens (tertiary/aromatic N) is 1. The number of carbonyl (C=O) groups excluding carboxylic acids is 2. The number of amides is 2. The Balaban J connectivity index is 2.15. The molecule has 0 radical (unpaired) electrons. The van der Waals surface area contributed by atoms with Crippen LogP contribution in [0, 0.1) is 5.82 Å². The van der Waals surface area contributed by atoms with E-state index < -0.39 is 6.04 Å². The zero-order valence-corrected chi connectivity index (χ0v) is 18.3. The highest BCUT2D eigenvalue weighted by Gasteiger charge is 2.28. The molecule has 0 bridgehead atoms. The molecule has 0 fully saturated rings. The first kappa shape index (κ1) is 23.6.